The summed E-state index contributed by atoms with van der Waals surface area (Å²) in [5, 5.41) is 3.74. The number of esters is 1. The van der Waals surface area contributed by atoms with Crippen molar-refractivity contribution in [2.45, 2.75) is 0 Å². The standard InChI is InChI=1S/C10H7Cl2NO2/c11-7-2-1-6(3-8(7)12)4-9-10(14)15-5-13-9/h1-4,13H,5H2/b9-4+. The van der Waals surface area contributed by atoms with Gasteiger partial charge in [0.05, 0.1) is 10.0 Å². The molecule has 0 atom stereocenters. The first-order chi connectivity index (χ1) is 7.16. The SMILES string of the molecule is O=C1OCN/C1=C/c1ccc(Cl)c(Cl)c1. The largest absolute Gasteiger partial charge is 0.440 e. The molecule has 0 spiro atoms. The van der Waals surface area contributed by atoms with Crippen molar-refractivity contribution in [3.63, 3.8) is 0 Å². The number of carbonyl (C=O) groups is 1. The molecule has 1 fully saturated rings. The predicted octanol–water partition coefficient (Wildman–Crippen LogP) is 2.44. The number of benzene rings is 1. The lowest BCUT2D eigenvalue weighted by atomic mass is 10.2. The smallest absolute Gasteiger partial charge is 0.356 e. The molecule has 1 heterocycles. The Balaban J connectivity index is 2.31. The molecule has 1 saturated heterocycles. The molecular weight excluding hydrogens is 237 g/mol. The van der Waals surface area contributed by atoms with E-state index >= 15 is 0 Å². The quantitative estimate of drug-likeness (QED) is 0.609. The van der Waals surface area contributed by atoms with Gasteiger partial charge in [-0.15, -0.1) is 0 Å². The van der Waals surface area contributed by atoms with Crippen molar-refractivity contribution in [3.8, 4) is 0 Å². The lowest BCUT2D eigenvalue weighted by Crippen LogP contribution is -2.05. The van der Waals surface area contributed by atoms with Crippen LogP contribution < -0.4 is 5.32 Å². The molecule has 0 aromatic heterocycles. The van der Waals surface area contributed by atoms with Gasteiger partial charge in [-0.25, -0.2) is 4.79 Å². The molecule has 0 saturated carbocycles. The van der Waals surface area contributed by atoms with Crippen LogP contribution in [-0.2, 0) is 9.53 Å². The summed E-state index contributed by atoms with van der Waals surface area (Å²) in [5.74, 6) is -0.360. The minimum Gasteiger partial charge on any atom is -0.440 e. The first-order valence-corrected chi connectivity index (χ1v) is 5.00. The zero-order chi connectivity index (χ0) is 10.8. The van der Waals surface area contributed by atoms with E-state index in [1.807, 2.05) is 0 Å². The zero-order valence-corrected chi connectivity index (χ0v) is 9.10. The molecular formula is C10H7Cl2NO2. The summed E-state index contributed by atoms with van der Waals surface area (Å²) < 4.78 is 4.71. The van der Waals surface area contributed by atoms with Gasteiger partial charge in [-0.3, -0.25) is 0 Å². The van der Waals surface area contributed by atoms with E-state index in [9.17, 15) is 4.79 Å². The van der Waals surface area contributed by atoms with E-state index in [0.29, 0.717) is 15.7 Å². The molecule has 78 valence electrons. The number of hydrogen-bond donors (Lipinski definition) is 1. The average Bonchev–Trinajstić information content (AvgIpc) is 2.59. The molecule has 15 heavy (non-hydrogen) atoms. The summed E-state index contributed by atoms with van der Waals surface area (Å²) in [6, 6.07) is 5.13. The van der Waals surface area contributed by atoms with Gasteiger partial charge in [-0.05, 0) is 23.8 Å². The maximum Gasteiger partial charge on any atom is 0.356 e. The van der Waals surface area contributed by atoms with E-state index in [1.54, 1.807) is 24.3 Å². The Morgan fingerprint density at radius 2 is 2.13 bits per heavy atom. The summed E-state index contributed by atoms with van der Waals surface area (Å²) >= 11 is 11.6. The minimum atomic E-state index is -0.360. The van der Waals surface area contributed by atoms with Crippen LogP contribution in [0.15, 0.2) is 23.9 Å². The van der Waals surface area contributed by atoms with Gasteiger partial charge in [0.25, 0.3) is 0 Å². The Hall–Kier alpha value is -1.19. The fourth-order valence-corrected chi connectivity index (χ4v) is 1.51. The van der Waals surface area contributed by atoms with E-state index in [4.69, 9.17) is 27.9 Å². The van der Waals surface area contributed by atoms with E-state index in [0.717, 1.165) is 5.56 Å². The monoisotopic (exact) mass is 243 g/mol. The Bertz CT molecular complexity index is 443. The molecule has 1 N–H and O–H groups in total. The van der Waals surface area contributed by atoms with E-state index in [2.05, 4.69) is 5.32 Å². The Labute approximate surface area is 96.6 Å². The van der Waals surface area contributed by atoms with E-state index in [1.165, 1.54) is 0 Å². The van der Waals surface area contributed by atoms with Gasteiger partial charge >= 0.3 is 5.97 Å². The fraction of sp³-hybridized carbons (Fsp3) is 0.100. The third-order valence-corrected chi connectivity index (χ3v) is 2.68. The van der Waals surface area contributed by atoms with Crippen molar-refractivity contribution >= 4 is 35.2 Å². The molecule has 0 bridgehead atoms. The van der Waals surface area contributed by atoms with Crippen LogP contribution in [0, 0.1) is 0 Å². The van der Waals surface area contributed by atoms with Gasteiger partial charge in [0.15, 0.2) is 6.73 Å². The lowest BCUT2D eigenvalue weighted by molar-refractivity contribution is -0.135. The van der Waals surface area contributed by atoms with E-state index < -0.39 is 0 Å². The van der Waals surface area contributed by atoms with Crippen LogP contribution in [0.2, 0.25) is 10.0 Å². The third-order valence-electron chi connectivity index (χ3n) is 1.94. The van der Waals surface area contributed by atoms with Gasteiger partial charge < -0.3 is 10.1 Å². The molecule has 2 rings (SSSR count). The number of ether oxygens (including phenoxy) is 1. The molecule has 1 aromatic carbocycles. The van der Waals surface area contributed by atoms with Crippen LogP contribution in [0.3, 0.4) is 0 Å². The van der Waals surface area contributed by atoms with Gasteiger partial charge in [0.1, 0.15) is 5.70 Å². The normalized spacial score (nSPS) is 17.7. The van der Waals surface area contributed by atoms with Crippen molar-refractivity contribution in [2.75, 3.05) is 6.73 Å². The van der Waals surface area contributed by atoms with Crippen molar-refractivity contribution in [1.29, 1.82) is 0 Å². The van der Waals surface area contributed by atoms with Gasteiger partial charge in [0, 0.05) is 0 Å². The highest BCUT2D eigenvalue weighted by atomic mass is 35.5. The highest BCUT2D eigenvalue weighted by Gasteiger charge is 2.17. The topological polar surface area (TPSA) is 38.3 Å². The second-order valence-corrected chi connectivity index (χ2v) is 3.80. The Morgan fingerprint density at radius 1 is 1.33 bits per heavy atom. The minimum absolute atomic E-state index is 0.214. The molecule has 0 aliphatic carbocycles. The van der Waals surface area contributed by atoms with Gasteiger partial charge in [-0.2, -0.15) is 0 Å². The Kier molecular flexibility index (Phi) is 2.84. The molecule has 5 heteroatoms. The van der Waals surface area contributed by atoms with Crippen LogP contribution in [0.1, 0.15) is 5.56 Å². The lowest BCUT2D eigenvalue weighted by Gasteiger charge is -1.98. The number of carbonyl (C=O) groups excluding carboxylic acids is 1. The summed E-state index contributed by atoms with van der Waals surface area (Å²) in [6.45, 7) is 0.214. The van der Waals surface area contributed by atoms with Crippen LogP contribution in [0.4, 0.5) is 0 Å². The number of cyclic esters (lactones) is 1. The van der Waals surface area contributed by atoms with Crippen LogP contribution in [0.25, 0.3) is 6.08 Å². The zero-order valence-electron chi connectivity index (χ0n) is 7.59. The van der Waals surface area contributed by atoms with Crippen molar-refractivity contribution in [2.24, 2.45) is 0 Å². The maximum atomic E-state index is 11.1. The maximum absolute atomic E-state index is 11.1. The summed E-state index contributed by atoms with van der Waals surface area (Å²) in [7, 11) is 0. The van der Waals surface area contributed by atoms with E-state index in [-0.39, 0.29) is 12.7 Å². The summed E-state index contributed by atoms with van der Waals surface area (Å²) in [4.78, 5) is 11.1. The highest BCUT2D eigenvalue weighted by Crippen LogP contribution is 2.23. The first-order valence-electron chi connectivity index (χ1n) is 4.24. The molecule has 0 radical (unpaired) electrons. The number of halogens is 2. The molecule has 3 nitrogen and oxygen atoms in total. The second-order valence-electron chi connectivity index (χ2n) is 2.98. The van der Waals surface area contributed by atoms with Crippen LogP contribution in [0.5, 0.6) is 0 Å². The van der Waals surface area contributed by atoms with Crippen LogP contribution in [-0.4, -0.2) is 12.7 Å². The third kappa shape index (κ3) is 2.25. The van der Waals surface area contributed by atoms with Gasteiger partial charge in [0.2, 0.25) is 0 Å². The predicted molar refractivity (Wildman–Crippen MR) is 58.5 cm³/mol. The molecule has 1 aliphatic rings. The number of hydrogen-bond acceptors (Lipinski definition) is 3. The molecule has 0 amide bonds. The van der Waals surface area contributed by atoms with Gasteiger partial charge in [-0.1, -0.05) is 29.3 Å². The molecule has 1 aliphatic heterocycles. The molecule has 1 aromatic rings. The fourth-order valence-electron chi connectivity index (χ4n) is 1.21. The first kappa shape index (κ1) is 10.3. The van der Waals surface area contributed by atoms with Crippen molar-refractivity contribution in [1.82, 2.24) is 5.32 Å². The summed E-state index contributed by atoms with van der Waals surface area (Å²) in [5.41, 5.74) is 1.22. The number of rotatable bonds is 1. The highest BCUT2D eigenvalue weighted by molar-refractivity contribution is 6.42. The van der Waals surface area contributed by atoms with Crippen molar-refractivity contribution in [3.05, 3.63) is 39.5 Å². The Morgan fingerprint density at radius 3 is 2.73 bits per heavy atom. The van der Waals surface area contributed by atoms with Crippen LogP contribution >= 0.6 is 23.2 Å². The van der Waals surface area contributed by atoms with Crippen molar-refractivity contribution < 1.29 is 9.53 Å². The second kappa shape index (κ2) is 4.13. The number of nitrogens with one attached hydrogen (secondary N) is 1. The average molecular weight is 244 g/mol. The molecule has 0 unspecified atom stereocenters. The summed E-state index contributed by atoms with van der Waals surface area (Å²) in [6.07, 6.45) is 1.66.